The van der Waals surface area contributed by atoms with Gasteiger partial charge in [-0.1, -0.05) is 0 Å². The molecule has 2 heterocycles. The van der Waals surface area contributed by atoms with Crippen molar-refractivity contribution in [1.29, 1.82) is 0 Å². The van der Waals surface area contributed by atoms with E-state index in [4.69, 9.17) is 9.47 Å². The summed E-state index contributed by atoms with van der Waals surface area (Å²) in [5.74, 6) is 0.870. The highest BCUT2D eigenvalue weighted by atomic mass is 16.5. The zero-order chi connectivity index (χ0) is 13.8. The molecule has 0 saturated carbocycles. The Bertz CT molecular complexity index is 428. The largest absolute Gasteiger partial charge is 0.496 e. The van der Waals surface area contributed by atoms with Crippen molar-refractivity contribution in [2.45, 2.75) is 51.7 Å². The summed E-state index contributed by atoms with van der Waals surface area (Å²) in [6.45, 7) is 4.80. The van der Waals surface area contributed by atoms with Crippen molar-refractivity contribution >= 4 is 0 Å². The minimum Gasteiger partial charge on any atom is -0.496 e. The molecule has 0 aromatic carbocycles. The molecule has 4 heteroatoms. The fraction of sp³-hybridized carbons (Fsp3) is 0.667. The summed E-state index contributed by atoms with van der Waals surface area (Å²) in [4.78, 5) is 4.42. The molecule has 1 aliphatic rings. The van der Waals surface area contributed by atoms with E-state index < -0.39 is 6.10 Å². The van der Waals surface area contributed by atoms with E-state index in [2.05, 4.69) is 4.98 Å². The molecule has 1 fully saturated rings. The molecule has 4 nitrogen and oxygen atoms in total. The van der Waals surface area contributed by atoms with Crippen molar-refractivity contribution < 1.29 is 14.6 Å². The lowest BCUT2D eigenvalue weighted by Gasteiger charge is -2.17. The van der Waals surface area contributed by atoms with Gasteiger partial charge in [0.15, 0.2) is 0 Å². The zero-order valence-electron chi connectivity index (χ0n) is 12.0. The van der Waals surface area contributed by atoms with Gasteiger partial charge in [0.25, 0.3) is 0 Å². The van der Waals surface area contributed by atoms with Gasteiger partial charge in [-0.25, -0.2) is 0 Å². The first-order valence-corrected chi connectivity index (χ1v) is 6.90. The van der Waals surface area contributed by atoms with E-state index in [0.29, 0.717) is 12.8 Å². The molecule has 2 unspecified atom stereocenters. The lowest BCUT2D eigenvalue weighted by atomic mass is 10.0. The van der Waals surface area contributed by atoms with E-state index in [1.54, 1.807) is 13.3 Å². The first-order chi connectivity index (χ1) is 9.11. The molecule has 1 N–H and O–H groups in total. The first kappa shape index (κ1) is 14.3. The monoisotopic (exact) mass is 265 g/mol. The highest BCUT2D eigenvalue weighted by Crippen LogP contribution is 2.26. The predicted molar refractivity (Wildman–Crippen MR) is 73.6 cm³/mol. The Labute approximate surface area is 114 Å². The van der Waals surface area contributed by atoms with Crippen molar-refractivity contribution in [2.75, 3.05) is 13.7 Å². The molecule has 1 aromatic heterocycles. The van der Waals surface area contributed by atoms with E-state index >= 15 is 0 Å². The highest BCUT2D eigenvalue weighted by Gasteiger charge is 2.21. The van der Waals surface area contributed by atoms with Crippen LogP contribution in [0.3, 0.4) is 0 Å². The van der Waals surface area contributed by atoms with Gasteiger partial charge in [-0.05, 0) is 33.1 Å². The number of methoxy groups -OCH3 is 1. The predicted octanol–water partition coefficient (Wildman–Crippen LogP) is 2.18. The lowest BCUT2D eigenvalue weighted by Crippen LogP contribution is -2.20. The summed E-state index contributed by atoms with van der Waals surface area (Å²) in [7, 11) is 1.67. The normalized spacial score (nSPS) is 20.5. The van der Waals surface area contributed by atoms with Crippen LogP contribution < -0.4 is 4.74 Å². The third-order valence-corrected chi connectivity index (χ3v) is 3.74. The Morgan fingerprint density at radius 2 is 2.32 bits per heavy atom. The quantitative estimate of drug-likeness (QED) is 0.886. The van der Waals surface area contributed by atoms with Gasteiger partial charge >= 0.3 is 0 Å². The van der Waals surface area contributed by atoms with Crippen molar-refractivity contribution in [3.05, 3.63) is 23.0 Å². The van der Waals surface area contributed by atoms with Crippen LogP contribution >= 0.6 is 0 Å². The van der Waals surface area contributed by atoms with E-state index in [0.717, 1.165) is 42.0 Å². The Balaban J connectivity index is 2.01. The second kappa shape index (κ2) is 6.35. The second-order valence-electron chi connectivity index (χ2n) is 5.27. The summed E-state index contributed by atoms with van der Waals surface area (Å²) < 4.78 is 10.9. The number of ether oxygens (including phenoxy) is 2. The zero-order valence-corrected chi connectivity index (χ0v) is 12.0. The average molecular weight is 265 g/mol. The number of pyridine rings is 1. The maximum atomic E-state index is 10.2. The number of hydrogen-bond acceptors (Lipinski definition) is 4. The summed E-state index contributed by atoms with van der Waals surface area (Å²) >= 11 is 0. The third kappa shape index (κ3) is 3.45. The molecule has 1 saturated heterocycles. The van der Waals surface area contributed by atoms with Gasteiger partial charge in [0.1, 0.15) is 5.75 Å². The fourth-order valence-corrected chi connectivity index (χ4v) is 2.72. The molecule has 1 aliphatic heterocycles. The Hall–Kier alpha value is -1.13. The molecule has 0 bridgehead atoms. The van der Waals surface area contributed by atoms with Crippen LogP contribution in [0.25, 0.3) is 0 Å². The van der Waals surface area contributed by atoms with Gasteiger partial charge < -0.3 is 14.6 Å². The number of aromatic nitrogens is 1. The Morgan fingerprint density at radius 1 is 1.53 bits per heavy atom. The van der Waals surface area contributed by atoms with Crippen LogP contribution in [-0.2, 0) is 11.2 Å². The maximum Gasteiger partial charge on any atom is 0.128 e. The molecule has 2 atom stereocenters. The van der Waals surface area contributed by atoms with Crippen LogP contribution in [-0.4, -0.2) is 36.0 Å². The van der Waals surface area contributed by atoms with Gasteiger partial charge in [-0.3, -0.25) is 4.98 Å². The van der Waals surface area contributed by atoms with Gasteiger partial charge in [-0.15, -0.1) is 0 Å². The minimum atomic E-state index is -0.401. The molecular formula is C15H23NO3. The van der Waals surface area contributed by atoms with Crippen molar-refractivity contribution in [1.82, 2.24) is 4.98 Å². The summed E-state index contributed by atoms with van der Waals surface area (Å²) in [5, 5.41) is 10.2. The van der Waals surface area contributed by atoms with Crippen LogP contribution in [0.5, 0.6) is 5.75 Å². The summed E-state index contributed by atoms with van der Waals surface area (Å²) in [5.41, 5.74) is 2.96. The van der Waals surface area contributed by atoms with Crippen LogP contribution in [0.15, 0.2) is 6.20 Å². The maximum absolute atomic E-state index is 10.2. The van der Waals surface area contributed by atoms with Gasteiger partial charge in [-0.2, -0.15) is 0 Å². The highest BCUT2D eigenvalue weighted by molar-refractivity contribution is 5.41. The smallest absolute Gasteiger partial charge is 0.128 e. The molecule has 0 amide bonds. The molecule has 1 aromatic rings. The third-order valence-electron chi connectivity index (χ3n) is 3.74. The summed E-state index contributed by atoms with van der Waals surface area (Å²) in [6, 6.07) is 0. The van der Waals surface area contributed by atoms with Crippen molar-refractivity contribution in [3.63, 3.8) is 0 Å². The van der Waals surface area contributed by atoms with E-state index in [1.165, 1.54) is 0 Å². The minimum absolute atomic E-state index is 0.211. The van der Waals surface area contributed by atoms with Gasteiger partial charge in [0, 0.05) is 36.0 Å². The standard InChI is InChI=1S/C15H23NO3/c1-10-9-16-14(11(2)15(10)18-3)8-12(17)7-13-5-4-6-19-13/h9,12-13,17H,4-8H2,1-3H3. The molecule has 0 aliphatic carbocycles. The number of aliphatic hydroxyl groups is 1. The van der Waals surface area contributed by atoms with Crippen molar-refractivity contribution in [2.24, 2.45) is 0 Å². The molecule has 0 radical (unpaired) electrons. The fourth-order valence-electron chi connectivity index (χ4n) is 2.72. The average Bonchev–Trinajstić information content (AvgIpc) is 2.86. The van der Waals surface area contributed by atoms with Crippen molar-refractivity contribution in [3.8, 4) is 5.75 Å². The second-order valence-corrected chi connectivity index (χ2v) is 5.27. The SMILES string of the molecule is COc1c(C)cnc(CC(O)CC2CCCO2)c1C. The molecular weight excluding hydrogens is 242 g/mol. The molecule has 0 spiro atoms. The van der Waals surface area contributed by atoms with Gasteiger partial charge in [0.05, 0.1) is 19.3 Å². The Morgan fingerprint density at radius 3 is 2.95 bits per heavy atom. The number of aryl methyl sites for hydroxylation is 1. The van der Waals surface area contributed by atoms with Crippen LogP contribution in [0.4, 0.5) is 0 Å². The van der Waals surface area contributed by atoms with Crippen LogP contribution in [0.1, 0.15) is 36.1 Å². The number of hydrogen-bond donors (Lipinski definition) is 1. The number of rotatable bonds is 5. The molecule has 106 valence electrons. The number of aliphatic hydroxyl groups excluding tert-OH is 1. The van der Waals surface area contributed by atoms with E-state index in [1.807, 2.05) is 13.8 Å². The number of nitrogens with zero attached hydrogens (tertiary/aromatic N) is 1. The van der Waals surface area contributed by atoms with Gasteiger partial charge in [0.2, 0.25) is 0 Å². The van der Waals surface area contributed by atoms with Crippen LogP contribution in [0.2, 0.25) is 0 Å². The Kier molecular flexibility index (Phi) is 4.77. The lowest BCUT2D eigenvalue weighted by molar-refractivity contribution is 0.0536. The summed E-state index contributed by atoms with van der Waals surface area (Å²) in [6.07, 6.45) is 5.03. The first-order valence-electron chi connectivity index (χ1n) is 6.90. The topological polar surface area (TPSA) is 51.6 Å². The van der Waals surface area contributed by atoms with E-state index in [-0.39, 0.29) is 6.10 Å². The van der Waals surface area contributed by atoms with Crippen LogP contribution in [0, 0.1) is 13.8 Å². The molecule has 2 rings (SSSR count). The molecule has 19 heavy (non-hydrogen) atoms. The van der Waals surface area contributed by atoms with E-state index in [9.17, 15) is 5.11 Å².